The van der Waals surface area contributed by atoms with Crippen molar-refractivity contribution in [3.05, 3.63) is 35.2 Å². The van der Waals surface area contributed by atoms with Gasteiger partial charge in [0.25, 0.3) is 0 Å². The van der Waals surface area contributed by atoms with Crippen molar-refractivity contribution in [3.8, 4) is 17.4 Å². The number of fused-ring (bicyclic) bond motifs is 2. The molecule has 0 fully saturated rings. The summed E-state index contributed by atoms with van der Waals surface area (Å²) in [4.78, 5) is 33.9. The van der Waals surface area contributed by atoms with Gasteiger partial charge in [0.05, 0.1) is 17.2 Å². The molecule has 2 amide bonds. The predicted octanol–water partition coefficient (Wildman–Crippen LogP) is 3.83. The third-order valence-corrected chi connectivity index (χ3v) is 5.51. The van der Waals surface area contributed by atoms with Gasteiger partial charge < -0.3 is 24.8 Å². The predicted molar refractivity (Wildman–Crippen MR) is 117 cm³/mol. The van der Waals surface area contributed by atoms with E-state index in [-0.39, 0.29) is 5.82 Å². The lowest BCUT2D eigenvalue weighted by Crippen LogP contribution is -2.45. The first-order valence-electron chi connectivity index (χ1n) is 10.6. The minimum Gasteiger partial charge on any atom is -0.492 e. The Bertz CT molecular complexity index is 1090. The number of alkyl carbamates (subject to hydrolysis) is 1. The third-order valence-electron chi connectivity index (χ3n) is 5.51. The molecule has 2 N–H and O–H groups in total. The highest BCUT2D eigenvalue weighted by molar-refractivity contribution is 5.95. The Hall–Kier alpha value is -3.36. The lowest BCUT2D eigenvalue weighted by molar-refractivity contribution is -0.118. The van der Waals surface area contributed by atoms with Gasteiger partial charge in [0.15, 0.2) is 5.82 Å². The first-order chi connectivity index (χ1) is 15.0. The Morgan fingerprint density at radius 2 is 2.06 bits per heavy atom. The van der Waals surface area contributed by atoms with E-state index in [1.165, 1.54) is 6.20 Å². The Morgan fingerprint density at radius 3 is 2.75 bits per heavy atom. The monoisotopic (exact) mass is 440 g/mol. The van der Waals surface area contributed by atoms with E-state index in [4.69, 9.17) is 14.2 Å². The van der Waals surface area contributed by atoms with Crippen LogP contribution in [0.3, 0.4) is 0 Å². The van der Waals surface area contributed by atoms with Crippen molar-refractivity contribution in [1.82, 2.24) is 15.3 Å². The molecule has 0 bridgehead atoms. The quantitative estimate of drug-likeness (QED) is 0.743. The van der Waals surface area contributed by atoms with Crippen molar-refractivity contribution in [3.63, 3.8) is 0 Å². The van der Waals surface area contributed by atoms with Crippen molar-refractivity contribution >= 4 is 17.8 Å². The summed E-state index contributed by atoms with van der Waals surface area (Å²) in [5.74, 6) is 1.76. The minimum absolute atomic E-state index is 0.271. The van der Waals surface area contributed by atoms with E-state index in [9.17, 15) is 9.59 Å². The van der Waals surface area contributed by atoms with Crippen molar-refractivity contribution in [2.45, 2.75) is 65.0 Å². The van der Waals surface area contributed by atoms with E-state index in [0.717, 1.165) is 16.9 Å². The number of hydrogen-bond donors (Lipinski definition) is 2. The molecule has 32 heavy (non-hydrogen) atoms. The van der Waals surface area contributed by atoms with Crippen LogP contribution in [0.25, 0.3) is 0 Å². The zero-order chi connectivity index (χ0) is 23.3. The van der Waals surface area contributed by atoms with Gasteiger partial charge in [-0.3, -0.25) is 4.79 Å². The normalized spacial score (nSPS) is 19.1. The number of carbonyl (C=O) groups excluding carboxylic acids is 2. The molecule has 0 saturated heterocycles. The average molecular weight is 441 g/mol. The summed E-state index contributed by atoms with van der Waals surface area (Å²) in [6, 6.07) is 3.09. The van der Waals surface area contributed by atoms with E-state index < -0.39 is 29.1 Å². The van der Waals surface area contributed by atoms with E-state index in [2.05, 4.69) is 20.6 Å². The zero-order valence-electron chi connectivity index (χ0n) is 19.2. The molecule has 1 unspecified atom stereocenters. The summed E-state index contributed by atoms with van der Waals surface area (Å²) in [6.07, 6.45) is 1.17. The first-order valence-corrected chi connectivity index (χ1v) is 10.6. The van der Waals surface area contributed by atoms with Crippen LogP contribution < -0.4 is 20.1 Å². The second-order valence-electron chi connectivity index (χ2n) is 9.31. The van der Waals surface area contributed by atoms with Crippen molar-refractivity contribution in [2.75, 3.05) is 11.9 Å². The molecule has 0 spiro atoms. The first kappa shape index (κ1) is 21.9. The summed E-state index contributed by atoms with van der Waals surface area (Å²) in [7, 11) is 0. The van der Waals surface area contributed by atoms with Gasteiger partial charge in [-0.05, 0) is 52.7 Å². The standard InChI is InChI=1S/C23H28N4O5/c1-7-13(25-21(29)32-22(3,4)5)19(28)27-15-10-24-20-18(26-15)23(6)11-30-17-12(2)8-9-14(31-20)16(17)23/h8-10,13H,7,11H2,1-6H3,(H,25,29)(H,26,27,28)/t13-,23?/m1/s1. The second-order valence-corrected chi connectivity index (χ2v) is 9.31. The van der Waals surface area contributed by atoms with Crippen LogP contribution in [0.15, 0.2) is 18.3 Å². The molecule has 0 radical (unpaired) electrons. The molecule has 2 atom stereocenters. The molecule has 1 aromatic heterocycles. The topological polar surface area (TPSA) is 112 Å². The molecule has 3 heterocycles. The van der Waals surface area contributed by atoms with Crippen LogP contribution >= 0.6 is 0 Å². The molecule has 2 aliphatic rings. The van der Waals surface area contributed by atoms with Crippen LogP contribution in [0.1, 0.15) is 57.9 Å². The van der Waals surface area contributed by atoms with Crippen LogP contribution in [0, 0.1) is 6.92 Å². The number of amides is 2. The van der Waals surface area contributed by atoms with E-state index in [1.54, 1.807) is 27.7 Å². The summed E-state index contributed by atoms with van der Waals surface area (Å²) >= 11 is 0. The van der Waals surface area contributed by atoms with Crippen molar-refractivity contribution in [2.24, 2.45) is 0 Å². The van der Waals surface area contributed by atoms with Crippen LogP contribution in [0.4, 0.5) is 10.6 Å². The fraction of sp³-hybridized carbons (Fsp3) is 0.478. The van der Waals surface area contributed by atoms with Crippen molar-refractivity contribution in [1.29, 1.82) is 0 Å². The lowest BCUT2D eigenvalue weighted by atomic mass is 9.79. The number of anilines is 1. The number of aryl methyl sites for hydroxylation is 1. The van der Waals surface area contributed by atoms with E-state index >= 15 is 0 Å². The summed E-state index contributed by atoms with van der Waals surface area (Å²) in [6.45, 7) is 11.5. The summed E-state index contributed by atoms with van der Waals surface area (Å²) in [5.41, 5.74) is 1.36. The number of carbonyl (C=O) groups is 2. The molecule has 170 valence electrons. The van der Waals surface area contributed by atoms with Crippen LogP contribution in [-0.2, 0) is 14.9 Å². The average Bonchev–Trinajstić information content (AvgIpc) is 3.08. The Morgan fingerprint density at radius 1 is 1.31 bits per heavy atom. The number of ether oxygens (including phenoxy) is 3. The third kappa shape index (κ3) is 3.83. The number of hydrogen-bond acceptors (Lipinski definition) is 7. The fourth-order valence-corrected chi connectivity index (χ4v) is 3.93. The van der Waals surface area contributed by atoms with Crippen LogP contribution in [0.5, 0.6) is 17.4 Å². The van der Waals surface area contributed by atoms with Gasteiger partial charge in [0.2, 0.25) is 11.8 Å². The molecule has 9 heteroatoms. The maximum Gasteiger partial charge on any atom is 0.408 e. The molecule has 2 aromatic rings. The Kier molecular flexibility index (Phi) is 5.22. The molecule has 9 nitrogen and oxygen atoms in total. The summed E-state index contributed by atoms with van der Waals surface area (Å²) in [5, 5.41) is 5.34. The highest BCUT2D eigenvalue weighted by Crippen LogP contribution is 2.54. The number of rotatable bonds is 4. The van der Waals surface area contributed by atoms with Gasteiger partial charge in [0, 0.05) is 0 Å². The maximum absolute atomic E-state index is 12.8. The van der Waals surface area contributed by atoms with Gasteiger partial charge >= 0.3 is 6.09 Å². The summed E-state index contributed by atoms with van der Waals surface area (Å²) < 4.78 is 17.2. The molecule has 4 rings (SSSR count). The van der Waals surface area contributed by atoms with Gasteiger partial charge in [-0.2, -0.15) is 0 Å². The largest absolute Gasteiger partial charge is 0.492 e. The SMILES string of the molecule is CC[C@@H](NC(=O)OC(C)(C)C)C(=O)Nc1cnc2c(n1)C1(C)COc3c(C)ccc(c31)O2. The Labute approximate surface area is 186 Å². The van der Waals surface area contributed by atoms with Crippen molar-refractivity contribution < 1.29 is 23.8 Å². The molecule has 0 aliphatic carbocycles. The lowest BCUT2D eigenvalue weighted by Gasteiger charge is -2.30. The van der Waals surface area contributed by atoms with Crippen LogP contribution in [0.2, 0.25) is 0 Å². The molecular formula is C23H28N4O5. The Balaban J connectivity index is 1.56. The number of nitrogens with zero attached hydrogens (tertiary/aromatic N) is 2. The van der Waals surface area contributed by atoms with Gasteiger partial charge in [-0.1, -0.05) is 13.0 Å². The molecule has 0 saturated carbocycles. The van der Waals surface area contributed by atoms with E-state index in [1.807, 2.05) is 26.0 Å². The van der Waals surface area contributed by atoms with Crippen LogP contribution in [-0.4, -0.2) is 40.2 Å². The van der Waals surface area contributed by atoms with Gasteiger partial charge in [-0.25, -0.2) is 14.8 Å². The number of benzene rings is 1. The minimum atomic E-state index is -0.778. The highest BCUT2D eigenvalue weighted by atomic mass is 16.6. The highest BCUT2D eigenvalue weighted by Gasteiger charge is 2.48. The molecule has 2 aliphatic heterocycles. The molecular weight excluding hydrogens is 412 g/mol. The van der Waals surface area contributed by atoms with E-state index in [0.29, 0.717) is 30.4 Å². The van der Waals surface area contributed by atoms with Gasteiger partial charge in [-0.15, -0.1) is 0 Å². The zero-order valence-corrected chi connectivity index (χ0v) is 19.2. The van der Waals surface area contributed by atoms with Gasteiger partial charge in [0.1, 0.15) is 35.4 Å². The molecule has 1 aromatic carbocycles. The fourth-order valence-electron chi connectivity index (χ4n) is 3.93. The maximum atomic E-state index is 12.8. The number of aromatic nitrogens is 2. The second kappa shape index (κ2) is 7.65. The number of nitrogens with one attached hydrogen (secondary N) is 2. The smallest absolute Gasteiger partial charge is 0.408 e.